The van der Waals surface area contributed by atoms with E-state index in [1.54, 1.807) is 11.9 Å². The zero-order valence-electron chi connectivity index (χ0n) is 15.0. The summed E-state index contributed by atoms with van der Waals surface area (Å²) < 4.78 is 5.49. The van der Waals surface area contributed by atoms with Gasteiger partial charge in [-0.1, -0.05) is 46.6 Å². The molecule has 3 rings (SSSR count). The quantitative estimate of drug-likeness (QED) is 0.704. The summed E-state index contributed by atoms with van der Waals surface area (Å²) >= 11 is 0. The van der Waals surface area contributed by atoms with Crippen LogP contribution in [-0.4, -0.2) is 23.0 Å². The molecule has 0 atom stereocenters. The summed E-state index contributed by atoms with van der Waals surface area (Å²) in [4.78, 5) is 14.1. The maximum Gasteiger partial charge on any atom is 0.253 e. The van der Waals surface area contributed by atoms with E-state index < -0.39 is 0 Å². The van der Waals surface area contributed by atoms with E-state index in [1.165, 1.54) is 5.56 Å². The fourth-order valence-corrected chi connectivity index (χ4v) is 2.83. The van der Waals surface area contributed by atoms with Gasteiger partial charge in [-0.2, -0.15) is 0 Å². The molecular formula is C21H22N2O2. The van der Waals surface area contributed by atoms with Gasteiger partial charge in [-0.3, -0.25) is 4.79 Å². The summed E-state index contributed by atoms with van der Waals surface area (Å²) in [5, 5.41) is 4.12. The first-order valence-corrected chi connectivity index (χ1v) is 8.29. The van der Waals surface area contributed by atoms with Gasteiger partial charge in [0.05, 0.1) is 6.54 Å². The van der Waals surface area contributed by atoms with E-state index >= 15 is 0 Å². The van der Waals surface area contributed by atoms with Crippen LogP contribution in [0.4, 0.5) is 0 Å². The Bertz CT molecular complexity index is 895. The predicted octanol–water partition coefficient (Wildman–Crippen LogP) is 4.54. The third-order valence-electron chi connectivity index (χ3n) is 4.25. The van der Waals surface area contributed by atoms with Crippen LogP contribution in [-0.2, 0) is 6.54 Å². The van der Waals surface area contributed by atoms with Crippen molar-refractivity contribution in [1.82, 2.24) is 10.1 Å². The normalized spacial score (nSPS) is 10.7. The molecule has 1 amide bonds. The summed E-state index contributed by atoms with van der Waals surface area (Å²) in [6, 6.07) is 15.7. The molecule has 3 aromatic rings. The molecule has 25 heavy (non-hydrogen) atoms. The largest absolute Gasteiger partial charge is 0.356 e. The second kappa shape index (κ2) is 6.93. The van der Waals surface area contributed by atoms with E-state index in [1.807, 2.05) is 43.3 Å². The van der Waals surface area contributed by atoms with Crippen molar-refractivity contribution in [3.63, 3.8) is 0 Å². The summed E-state index contributed by atoms with van der Waals surface area (Å²) in [7, 11) is 1.77. The summed E-state index contributed by atoms with van der Waals surface area (Å²) in [5.74, 6) is 0.694. The molecule has 0 N–H and O–H groups in total. The van der Waals surface area contributed by atoms with E-state index in [2.05, 4.69) is 31.1 Å². The zero-order chi connectivity index (χ0) is 18.0. The Morgan fingerprint density at radius 2 is 1.68 bits per heavy atom. The lowest BCUT2D eigenvalue weighted by Gasteiger charge is -2.15. The highest BCUT2D eigenvalue weighted by Gasteiger charge is 2.15. The highest BCUT2D eigenvalue weighted by molar-refractivity contribution is 5.94. The maximum atomic E-state index is 12.5. The first kappa shape index (κ1) is 17.0. The highest BCUT2D eigenvalue weighted by atomic mass is 16.5. The maximum absolute atomic E-state index is 12.5. The number of aryl methyl sites for hydroxylation is 3. The minimum Gasteiger partial charge on any atom is -0.356 e. The molecule has 1 heterocycles. The molecule has 0 aliphatic carbocycles. The average Bonchev–Trinajstić information content (AvgIpc) is 3.03. The fourth-order valence-electron chi connectivity index (χ4n) is 2.83. The van der Waals surface area contributed by atoms with Crippen molar-refractivity contribution < 1.29 is 9.32 Å². The van der Waals surface area contributed by atoms with Crippen molar-refractivity contribution in [2.75, 3.05) is 7.05 Å². The molecule has 0 unspecified atom stereocenters. The van der Waals surface area contributed by atoms with Gasteiger partial charge >= 0.3 is 0 Å². The Hall–Kier alpha value is -2.88. The van der Waals surface area contributed by atoms with Gasteiger partial charge in [-0.05, 0) is 38.5 Å². The van der Waals surface area contributed by atoms with Crippen LogP contribution < -0.4 is 0 Å². The van der Waals surface area contributed by atoms with Gasteiger partial charge in [0.2, 0.25) is 0 Å². The topological polar surface area (TPSA) is 46.3 Å². The van der Waals surface area contributed by atoms with Crippen LogP contribution in [0.2, 0.25) is 0 Å². The second-order valence-electron chi connectivity index (χ2n) is 6.53. The fraction of sp³-hybridized carbons (Fsp3) is 0.238. The predicted molar refractivity (Wildman–Crippen MR) is 98.4 cm³/mol. The summed E-state index contributed by atoms with van der Waals surface area (Å²) in [6.07, 6.45) is 0. The number of hydrogen-bond donors (Lipinski definition) is 0. The number of hydrogen-bond acceptors (Lipinski definition) is 3. The van der Waals surface area contributed by atoms with Crippen molar-refractivity contribution in [2.24, 2.45) is 0 Å². The Morgan fingerprint density at radius 3 is 2.36 bits per heavy atom. The zero-order valence-corrected chi connectivity index (χ0v) is 15.0. The number of amides is 1. The molecule has 4 nitrogen and oxygen atoms in total. The van der Waals surface area contributed by atoms with Gasteiger partial charge in [-0.15, -0.1) is 0 Å². The molecule has 1 aromatic heterocycles. The molecular weight excluding hydrogens is 312 g/mol. The third kappa shape index (κ3) is 3.79. The Morgan fingerprint density at radius 1 is 1.00 bits per heavy atom. The van der Waals surface area contributed by atoms with Crippen LogP contribution in [0.5, 0.6) is 0 Å². The van der Waals surface area contributed by atoms with E-state index in [9.17, 15) is 4.79 Å². The van der Waals surface area contributed by atoms with Gasteiger partial charge in [0.15, 0.2) is 5.76 Å². The van der Waals surface area contributed by atoms with Crippen LogP contribution >= 0.6 is 0 Å². The Labute approximate surface area is 148 Å². The minimum atomic E-state index is -0.0314. The first-order chi connectivity index (χ1) is 11.9. The molecule has 0 aliphatic heterocycles. The molecule has 2 aromatic carbocycles. The average molecular weight is 334 g/mol. The van der Waals surface area contributed by atoms with Gasteiger partial charge in [0.1, 0.15) is 5.69 Å². The molecule has 4 heteroatoms. The summed E-state index contributed by atoms with van der Waals surface area (Å²) in [6.45, 7) is 6.52. The van der Waals surface area contributed by atoms with Crippen LogP contribution in [0, 0.1) is 20.8 Å². The van der Waals surface area contributed by atoms with Gasteiger partial charge in [-0.25, -0.2) is 0 Å². The lowest BCUT2D eigenvalue weighted by molar-refractivity contribution is 0.0782. The number of carbonyl (C=O) groups is 1. The molecule has 0 fully saturated rings. The van der Waals surface area contributed by atoms with Crippen LogP contribution in [0.25, 0.3) is 11.3 Å². The van der Waals surface area contributed by atoms with Crippen molar-refractivity contribution in [2.45, 2.75) is 27.3 Å². The van der Waals surface area contributed by atoms with Crippen molar-refractivity contribution in [3.8, 4) is 11.3 Å². The lowest BCUT2D eigenvalue weighted by atomic mass is 10.0. The van der Waals surface area contributed by atoms with Gasteiger partial charge in [0.25, 0.3) is 5.91 Å². The first-order valence-electron chi connectivity index (χ1n) is 8.29. The molecule has 0 saturated carbocycles. The smallest absolute Gasteiger partial charge is 0.253 e. The van der Waals surface area contributed by atoms with E-state index in [4.69, 9.17) is 4.52 Å². The van der Waals surface area contributed by atoms with Crippen molar-refractivity contribution in [1.29, 1.82) is 0 Å². The number of nitrogens with zero attached hydrogens (tertiary/aromatic N) is 2. The molecule has 0 saturated heterocycles. The number of carbonyl (C=O) groups excluding carboxylic acids is 1. The third-order valence-corrected chi connectivity index (χ3v) is 4.25. The lowest BCUT2D eigenvalue weighted by Crippen LogP contribution is -2.26. The molecule has 0 bridgehead atoms. The standard InChI is InChI=1S/C21H22N2O2/c1-14-5-8-17(9-6-14)21(24)23(4)13-18-12-20(25-22-18)19-10-7-15(2)11-16(19)3/h5-12H,13H2,1-4H3. The minimum absolute atomic E-state index is 0.0314. The summed E-state index contributed by atoms with van der Waals surface area (Å²) in [5.41, 5.74) is 5.92. The van der Waals surface area contributed by atoms with Crippen molar-refractivity contribution in [3.05, 3.63) is 76.5 Å². The molecule has 0 spiro atoms. The van der Waals surface area contributed by atoms with E-state index in [0.29, 0.717) is 12.1 Å². The second-order valence-corrected chi connectivity index (χ2v) is 6.53. The highest BCUT2D eigenvalue weighted by Crippen LogP contribution is 2.25. The van der Waals surface area contributed by atoms with Gasteiger partial charge in [0, 0.05) is 24.2 Å². The van der Waals surface area contributed by atoms with Crippen molar-refractivity contribution >= 4 is 5.91 Å². The molecule has 128 valence electrons. The molecule has 0 aliphatic rings. The number of benzene rings is 2. The van der Waals surface area contributed by atoms with Crippen LogP contribution in [0.1, 0.15) is 32.7 Å². The van der Waals surface area contributed by atoms with E-state index in [0.717, 1.165) is 28.1 Å². The monoisotopic (exact) mass is 334 g/mol. The SMILES string of the molecule is Cc1ccc(C(=O)N(C)Cc2cc(-c3ccc(C)cc3C)on2)cc1. The number of rotatable bonds is 4. The Balaban J connectivity index is 1.74. The molecule has 0 radical (unpaired) electrons. The van der Waals surface area contributed by atoms with Crippen LogP contribution in [0.3, 0.4) is 0 Å². The van der Waals surface area contributed by atoms with Crippen LogP contribution in [0.15, 0.2) is 53.1 Å². The van der Waals surface area contributed by atoms with E-state index in [-0.39, 0.29) is 5.91 Å². The number of aromatic nitrogens is 1. The van der Waals surface area contributed by atoms with Gasteiger partial charge < -0.3 is 9.42 Å². The Kier molecular flexibility index (Phi) is 4.70.